The van der Waals surface area contributed by atoms with Crippen molar-refractivity contribution in [3.05, 3.63) is 53.3 Å². The Kier molecular flexibility index (Phi) is 5.01. The van der Waals surface area contributed by atoms with Gasteiger partial charge in [0.15, 0.2) is 11.5 Å². The van der Waals surface area contributed by atoms with Gasteiger partial charge >= 0.3 is 0 Å². The lowest BCUT2D eigenvalue weighted by atomic mass is 10.0. The van der Waals surface area contributed by atoms with Gasteiger partial charge in [0.1, 0.15) is 12.1 Å². The summed E-state index contributed by atoms with van der Waals surface area (Å²) < 4.78 is 10.9. The summed E-state index contributed by atoms with van der Waals surface area (Å²) in [6.45, 7) is 2.51. The van der Waals surface area contributed by atoms with Crippen LogP contribution in [0.5, 0.6) is 11.5 Å². The quantitative estimate of drug-likeness (QED) is 0.743. The molecular weight excluding hydrogens is 364 g/mol. The average Bonchev–Trinajstić information content (AvgIpc) is 2.72. The van der Waals surface area contributed by atoms with Crippen molar-refractivity contribution in [2.24, 2.45) is 0 Å². The van der Waals surface area contributed by atoms with Gasteiger partial charge < -0.3 is 19.7 Å². The maximum Gasteiger partial charge on any atom is 0.162 e. The number of piperazine rings is 1. The summed E-state index contributed by atoms with van der Waals surface area (Å²) in [5.74, 6) is 2.23. The second kappa shape index (κ2) is 7.58. The van der Waals surface area contributed by atoms with Crippen LogP contribution in [0, 0.1) is 0 Å². The van der Waals surface area contributed by atoms with E-state index >= 15 is 0 Å². The van der Waals surface area contributed by atoms with Crippen molar-refractivity contribution in [2.75, 3.05) is 38.8 Å². The van der Waals surface area contributed by atoms with Crippen LogP contribution in [0.15, 0.2) is 42.7 Å². The van der Waals surface area contributed by atoms with E-state index in [0.717, 1.165) is 41.4 Å². The minimum Gasteiger partial charge on any atom is -0.493 e. The molecule has 0 aliphatic carbocycles. The number of nitrogens with one attached hydrogen (secondary N) is 1. The highest BCUT2D eigenvalue weighted by Crippen LogP contribution is 2.35. The topological polar surface area (TPSA) is 59.5 Å². The van der Waals surface area contributed by atoms with Crippen molar-refractivity contribution >= 4 is 28.3 Å². The molecule has 7 heteroatoms. The maximum absolute atomic E-state index is 6.17. The number of benzene rings is 2. The summed E-state index contributed by atoms with van der Waals surface area (Å²) in [5, 5.41) is 5.26. The van der Waals surface area contributed by atoms with Gasteiger partial charge in [0, 0.05) is 42.2 Å². The summed E-state index contributed by atoms with van der Waals surface area (Å²) in [4.78, 5) is 11.3. The molecule has 4 rings (SSSR count). The Bertz CT molecular complexity index is 966. The van der Waals surface area contributed by atoms with E-state index in [9.17, 15) is 0 Å². The number of rotatable bonds is 4. The summed E-state index contributed by atoms with van der Waals surface area (Å²) >= 11 is 6.17. The van der Waals surface area contributed by atoms with Gasteiger partial charge in [-0.3, -0.25) is 0 Å². The monoisotopic (exact) mass is 384 g/mol. The zero-order chi connectivity index (χ0) is 18.8. The Morgan fingerprint density at radius 3 is 2.70 bits per heavy atom. The molecule has 0 spiro atoms. The number of anilines is 1. The zero-order valence-corrected chi connectivity index (χ0v) is 16.0. The summed E-state index contributed by atoms with van der Waals surface area (Å²) in [5.41, 5.74) is 2.00. The fraction of sp³-hybridized carbons (Fsp3) is 0.300. The lowest BCUT2D eigenvalue weighted by Gasteiger charge is -2.35. The van der Waals surface area contributed by atoms with Crippen molar-refractivity contribution in [3.63, 3.8) is 0 Å². The first-order chi connectivity index (χ1) is 13.2. The van der Waals surface area contributed by atoms with E-state index in [4.69, 9.17) is 21.1 Å². The molecule has 27 heavy (non-hydrogen) atoms. The van der Waals surface area contributed by atoms with Crippen LogP contribution in [-0.2, 0) is 0 Å². The smallest absolute Gasteiger partial charge is 0.162 e. The standard InChI is InChI=1S/C20H21ClN4O2/c1-26-18-9-15-16(10-19(18)27-2)23-12-24-20(15)25-7-6-22-17(11-25)13-4-3-5-14(21)8-13/h3-5,8-10,12,17,22H,6-7,11H2,1-2H3. The van der Waals surface area contributed by atoms with Crippen molar-refractivity contribution in [1.82, 2.24) is 15.3 Å². The van der Waals surface area contributed by atoms with E-state index in [1.165, 1.54) is 5.56 Å². The van der Waals surface area contributed by atoms with Crippen molar-refractivity contribution in [1.29, 1.82) is 0 Å². The lowest BCUT2D eigenvalue weighted by molar-refractivity contribution is 0.355. The van der Waals surface area contributed by atoms with Gasteiger partial charge in [-0.1, -0.05) is 23.7 Å². The Labute approximate surface area is 163 Å². The van der Waals surface area contributed by atoms with E-state index < -0.39 is 0 Å². The molecule has 1 aliphatic rings. The van der Waals surface area contributed by atoms with E-state index in [-0.39, 0.29) is 6.04 Å². The first kappa shape index (κ1) is 17.8. The third kappa shape index (κ3) is 3.50. The van der Waals surface area contributed by atoms with Crippen molar-refractivity contribution < 1.29 is 9.47 Å². The summed E-state index contributed by atoms with van der Waals surface area (Å²) in [6, 6.07) is 12.0. The number of nitrogens with zero attached hydrogens (tertiary/aromatic N) is 3. The Hall–Kier alpha value is -2.57. The second-order valence-corrected chi connectivity index (χ2v) is 6.87. The molecule has 140 valence electrons. The SMILES string of the molecule is COc1cc2ncnc(N3CCNC(c4cccc(Cl)c4)C3)c2cc1OC. The number of hydrogen-bond acceptors (Lipinski definition) is 6. The zero-order valence-electron chi connectivity index (χ0n) is 15.3. The van der Waals surface area contributed by atoms with Gasteiger partial charge in [0.2, 0.25) is 0 Å². The van der Waals surface area contributed by atoms with Crippen LogP contribution >= 0.6 is 11.6 Å². The molecule has 1 atom stereocenters. The highest BCUT2D eigenvalue weighted by Gasteiger charge is 2.24. The Morgan fingerprint density at radius 1 is 1.11 bits per heavy atom. The third-order valence-electron chi connectivity index (χ3n) is 4.85. The minimum absolute atomic E-state index is 0.183. The fourth-order valence-corrected chi connectivity index (χ4v) is 3.71. The van der Waals surface area contributed by atoms with Crippen LogP contribution < -0.4 is 19.7 Å². The predicted octanol–water partition coefficient (Wildman–Crippen LogP) is 3.45. The van der Waals surface area contributed by atoms with Gasteiger partial charge in [-0.05, 0) is 23.8 Å². The number of hydrogen-bond donors (Lipinski definition) is 1. The molecule has 6 nitrogen and oxygen atoms in total. The molecule has 2 heterocycles. The average molecular weight is 385 g/mol. The van der Waals surface area contributed by atoms with Crippen LogP contribution in [0.3, 0.4) is 0 Å². The van der Waals surface area contributed by atoms with E-state index in [2.05, 4.69) is 26.3 Å². The number of halogens is 1. The van der Waals surface area contributed by atoms with Gasteiger partial charge in [-0.15, -0.1) is 0 Å². The highest BCUT2D eigenvalue weighted by atomic mass is 35.5. The number of ether oxygens (including phenoxy) is 2. The predicted molar refractivity (Wildman–Crippen MR) is 107 cm³/mol. The molecular formula is C20H21ClN4O2. The lowest BCUT2D eigenvalue weighted by Crippen LogP contribution is -2.46. The van der Waals surface area contributed by atoms with Crippen LogP contribution in [0.4, 0.5) is 5.82 Å². The summed E-state index contributed by atoms with van der Waals surface area (Å²) in [7, 11) is 3.25. The first-order valence-electron chi connectivity index (χ1n) is 8.80. The van der Waals surface area contributed by atoms with E-state index in [0.29, 0.717) is 11.5 Å². The van der Waals surface area contributed by atoms with Gasteiger partial charge in [0.05, 0.1) is 19.7 Å². The molecule has 1 aliphatic heterocycles. The summed E-state index contributed by atoms with van der Waals surface area (Å²) in [6.07, 6.45) is 1.60. The largest absolute Gasteiger partial charge is 0.493 e. The molecule has 0 radical (unpaired) electrons. The van der Waals surface area contributed by atoms with Gasteiger partial charge in [-0.2, -0.15) is 0 Å². The van der Waals surface area contributed by atoms with Crippen LogP contribution in [0.1, 0.15) is 11.6 Å². The first-order valence-corrected chi connectivity index (χ1v) is 9.18. The van der Waals surface area contributed by atoms with Crippen molar-refractivity contribution in [2.45, 2.75) is 6.04 Å². The maximum atomic E-state index is 6.17. The fourth-order valence-electron chi connectivity index (χ4n) is 3.51. The molecule has 0 saturated carbocycles. The molecule has 1 aromatic heterocycles. The van der Waals surface area contributed by atoms with Gasteiger partial charge in [0.25, 0.3) is 0 Å². The van der Waals surface area contributed by atoms with Crippen molar-refractivity contribution in [3.8, 4) is 11.5 Å². The van der Waals surface area contributed by atoms with Crippen LogP contribution in [0.2, 0.25) is 5.02 Å². The molecule has 1 fully saturated rings. The Balaban J connectivity index is 1.71. The molecule has 0 bridgehead atoms. The molecule has 0 amide bonds. The molecule has 1 saturated heterocycles. The van der Waals surface area contributed by atoms with Crippen LogP contribution in [0.25, 0.3) is 10.9 Å². The number of methoxy groups -OCH3 is 2. The molecule has 2 aromatic carbocycles. The van der Waals surface area contributed by atoms with E-state index in [1.807, 2.05) is 30.3 Å². The molecule has 1 N–H and O–H groups in total. The molecule has 1 unspecified atom stereocenters. The van der Waals surface area contributed by atoms with E-state index in [1.54, 1.807) is 20.5 Å². The minimum atomic E-state index is 0.183. The second-order valence-electron chi connectivity index (χ2n) is 6.43. The van der Waals surface area contributed by atoms with Crippen LogP contribution in [-0.4, -0.2) is 43.8 Å². The normalized spacial score (nSPS) is 17.1. The Morgan fingerprint density at radius 2 is 1.93 bits per heavy atom. The molecule has 3 aromatic rings. The highest BCUT2D eigenvalue weighted by molar-refractivity contribution is 6.30. The number of aromatic nitrogens is 2. The van der Waals surface area contributed by atoms with Gasteiger partial charge in [-0.25, -0.2) is 9.97 Å². The third-order valence-corrected chi connectivity index (χ3v) is 5.08. The number of fused-ring (bicyclic) bond motifs is 1.